The van der Waals surface area contributed by atoms with Crippen molar-refractivity contribution in [1.29, 1.82) is 5.26 Å². The molecule has 2 aromatic carbocycles. The third-order valence-electron chi connectivity index (χ3n) is 4.36. The summed E-state index contributed by atoms with van der Waals surface area (Å²) in [6, 6.07) is 16.6. The number of amides is 1. The Kier molecular flexibility index (Phi) is 6.13. The topological polar surface area (TPSA) is 118 Å². The van der Waals surface area contributed by atoms with Crippen LogP contribution in [0.25, 0.3) is 11.3 Å². The predicted octanol–water partition coefficient (Wildman–Crippen LogP) is 4.87. The van der Waals surface area contributed by atoms with Crippen LogP contribution in [0.2, 0.25) is 0 Å². The Morgan fingerprint density at radius 1 is 1.23 bits per heavy atom. The molecule has 0 aliphatic heterocycles. The lowest BCUT2D eigenvalue weighted by Crippen LogP contribution is -2.20. The van der Waals surface area contributed by atoms with Gasteiger partial charge in [-0.3, -0.25) is 20.2 Å². The minimum absolute atomic E-state index is 0.0391. The second kappa shape index (κ2) is 8.92. The minimum Gasteiger partial charge on any atom is -0.484 e. The summed E-state index contributed by atoms with van der Waals surface area (Å²) < 4.78 is 11.0. The van der Waals surface area contributed by atoms with Gasteiger partial charge in [-0.1, -0.05) is 38.1 Å². The van der Waals surface area contributed by atoms with Crippen molar-refractivity contribution >= 4 is 17.5 Å². The summed E-state index contributed by atoms with van der Waals surface area (Å²) in [4.78, 5) is 22.7. The first-order valence-electron chi connectivity index (χ1n) is 9.18. The number of hydrogen-bond acceptors (Lipinski definition) is 6. The van der Waals surface area contributed by atoms with Gasteiger partial charge in [-0.15, -0.1) is 0 Å². The first kappa shape index (κ1) is 20.6. The van der Waals surface area contributed by atoms with Crippen molar-refractivity contribution in [1.82, 2.24) is 0 Å². The van der Waals surface area contributed by atoms with Crippen LogP contribution < -0.4 is 10.1 Å². The van der Waals surface area contributed by atoms with Crippen molar-refractivity contribution in [3.05, 3.63) is 75.8 Å². The molecule has 0 bridgehead atoms. The monoisotopic (exact) mass is 405 g/mol. The van der Waals surface area contributed by atoms with E-state index in [1.807, 2.05) is 18.2 Å². The van der Waals surface area contributed by atoms with Crippen molar-refractivity contribution in [2.75, 3.05) is 11.9 Å². The van der Waals surface area contributed by atoms with Crippen LogP contribution in [0.4, 0.5) is 11.6 Å². The number of nitrogens with one attached hydrogen (secondary N) is 1. The molecule has 0 unspecified atom stereocenters. The lowest BCUT2D eigenvalue weighted by molar-refractivity contribution is -0.384. The fourth-order valence-electron chi connectivity index (χ4n) is 2.74. The molecule has 0 spiro atoms. The largest absolute Gasteiger partial charge is 0.484 e. The SMILES string of the molecule is CC(C)c1ccc(OCC(=O)Nc2oc(-c3cccc([N+](=O)[O-])c3)cc2C#N)cc1. The zero-order valence-corrected chi connectivity index (χ0v) is 16.4. The molecule has 0 saturated heterocycles. The molecular formula is C22H19N3O5. The number of nitro groups is 1. The third-order valence-corrected chi connectivity index (χ3v) is 4.36. The Morgan fingerprint density at radius 2 is 1.97 bits per heavy atom. The molecule has 0 aliphatic rings. The Labute approximate surface area is 172 Å². The van der Waals surface area contributed by atoms with Crippen LogP contribution in [-0.2, 0) is 4.79 Å². The maximum atomic E-state index is 12.2. The summed E-state index contributed by atoms with van der Waals surface area (Å²) in [5, 5.41) is 22.8. The van der Waals surface area contributed by atoms with Crippen LogP contribution in [0.1, 0.15) is 30.9 Å². The van der Waals surface area contributed by atoms with Crippen molar-refractivity contribution < 1.29 is 18.9 Å². The summed E-state index contributed by atoms with van der Waals surface area (Å²) in [6.45, 7) is 3.90. The first-order chi connectivity index (χ1) is 14.4. The zero-order chi connectivity index (χ0) is 21.7. The van der Waals surface area contributed by atoms with Crippen LogP contribution in [0.5, 0.6) is 5.75 Å². The van der Waals surface area contributed by atoms with Crippen LogP contribution in [-0.4, -0.2) is 17.4 Å². The van der Waals surface area contributed by atoms with Crippen LogP contribution >= 0.6 is 0 Å². The fourth-order valence-corrected chi connectivity index (χ4v) is 2.74. The van der Waals surface area contributed by atoms with Crippen molar-refractivity contribution in [2.45, 2.75) is 19.8 Å². The standard InChI is InChI=1S/C22H19N3O5/c1-14(2)15-6-8-19(9-7-15)29-13-21(26)24-22-17(12-23)11-20(30-22)16-4-3-5-18(10-16)25(27)28/h3-11,14H,13H2,1-2H3,(H,24,26). The summed E-state index contributed by atoms with van der Waals surface area (Å²) >= 11 is 0. The normalized spacial score (nSPS) is 10.5. The number of nitro benzene ring substituents is 1. The van der Waals surface area contributed by atoms with E-state index >= 15 is 0 Å². The highest BCUT2D eigenvalue weighted by molar-refractivity contribution is 5.92. The highest BCUT2D eigenvalue weighted by atomic mass is 16.6. The second-order valence-electron chi connectivity index (χ2n) is 6.83. The molecule has 8 heteroatoms. The highest BCUT2D eigenvalue weighted by Gasteiger charge is 2.17. The molecule has 0 atom stereocenters. The first-order valence-corrected chi connectivity index (χ1v) is 9.18. The summed E-state index contributed by atoms with van der Waals surface area (Å²) in [6.07, 6.45) is 0. The summed E-state index contributed by atoms with van der Waals surface area (Å²) in [5.74, 6) is 0.635. The average Bonchev–Trinajstić information content (AvgIpc) is 3.15. The molecule has 1 heterocycles. The van der Waals surface area contributed by atoms with Gasteiger partial charge in [-0.25, -0.2) is 0 Å². The quantitative estimate of drug-likeness (QED) is 0.442. The van der Waals surface area contributed by atoms with Crippen LogP contribution in [0.3, 0.4) is 0 Å². The Morgan fingerprint density at radius 3 is 2.60 bits per heavy atom. The molecule has 0 aliphatic carbocycles. The summed E-state index contributed by atoms with van der Waals surface area (Å²) in [7, 11) is 0. The van der Waals surface area contributed by atoms with E-state index in [0.29, 0.717) is 17.2 Å². The maximum absolute atomic E-state index is 12.2. The van der Waals surface area contributed by atoms with E-state index in [4.69, 9.17) is 9.15 Å². The Balaban J connectivity index is 1.69. The van der Waals surface area contributed by atoms with Gasteiger partial charge in [0.15, 0.2) is 6.61 Å². The number of anilines is 1. The van der Waals surface area contributed by atoms with Gasteiger partial charge in [-0.05, 0) is 23.6 Å². The third kappa shape index (κ3) is 4.83. The average molecular weight is 405 g/mol. The molecule has 3 aromatic rings. The number of benzene rings is 2. The molecule has 1 N–H and O–H groups in total. The van der Waals surface area contributed by atoms with Gasteiger partial charge in [0.1, 0.15) is 23.1 Å². The van der Waals surface area contributed by atoms with E-state index in [1.54, 1.807) is 18.2 Å². The number of furan rings is 1. The minimum atomic E-state index is -0.522. The molecule has 0 saturated carbocycles. The lowest BCUT2D eigenvalue weighted by Gasteiger charge is -2.08. The number of carbonyl (C=O) groups excluding carboxylic acids is 1. The number of non-ortho nitro benzene ring substituents is 1. The van der Waals surface area contributed by atoms with Crippen LogP contribution in [0.15, 0.2) is 59.0 Å². The molecule has 1 amide bonds. The van der Waals surface area contributed by atoms with Gasteiger partial charge in [0.05, 0.1) is 4.92 Å². The van der Waals surface area contributed by atoms with E-state index in [0.717, 1.165) is 5.56 Å². The number of hydrogen-bond donors (Lipinski definition) is 1. The van der Waals surface area contributed by atoms with E-state index in [2.05, 4.69) is 19.2 Å². The van der Waals surface area contributed by atoms with Crippen molar-refractivity contribution in [3.63, 3.8) is 0 Å². The molecular weight excluding hydrogens is 386 g/mol. The fraction of sp³-hybridized carbons (Fsp3) is 0.182. The van der Waals surface area contributed by atoms with Gasteiger partial charge in [0.2, 0.25) is 5.88 Å². The smallest absolute Gasteiger partial charge is 0.270 e. The molecule has 30 heavy (non-hydrogen) atoms. The number of nitrogens with zero attached hydrogens (tertiary/aromatic N) is 2. The van der Waals surface area contributed by atoms with E-state index < -0.39 is 10.8 Å². The van der Waals surface area contributed by atoms with Crippen molar-refractivity contribution in [3.8, 4) is 23.1 Å². The zero-order valence-electron chi connectivity index (χ0n) is 16.4. The van der Waals surface area contributed by atoms with Gasteiger partial charge in [0.25, 0.3) is 11.6 Å². The molecule has 152 valence electrons. The van der Waals surface area contributed by atoms with Gasteiger partial charge < -0.3 is 9.15 Å². The second-order valence-corrected chi connectivity index (χ2v) is 6.83. The number of nitriles is 1. The molecule has 0 fully saturated rings. The lowest BCUT2D eigenvalue weighted by atomic mass is 10.0. The van der Waals surface area contributed by atoms with Crippen molar-refractivity contribution in [2.24, 2.45) is 0 Å². The molecule has 8 nitrogen and oxygen atoms in total. The number of rotatable bonds is 7. The van der Waals surface area contributed by atoms with Crippen LogP contribution in [0, 0.1) is 21.4 Å². The predicted molar refractivity (Wildman–Crippen MR) is 110 cm³/mol. The number of carbonyl (C=O) groups is 1. The Hall–Kier alpha value is -4.12. The van der Waals surface area contributed by atoms with Gasteiger partial charge in [-0.2, -0.15) is 5.26 Å². The molecule has 3 rings (SSSR count). The summed E-state index contributed by atoms with van der Waals surface area (Å²) in [5.41, 5.74) is 1.58. The van der Waals surface area contributed by atoms with Gasteiger partial charge in [0, 0.05) is 23.8 Å². The molecule has 0 radical (unpaired) electrons. The van der Waals surface area contributed by atoms with E-state index in [-0.39, 0.29) is 29.5 Å². The molecule has 1 aromatic heterocycles. The highest BCUT2D eigenvalue weighted by Crippen LogP contribution is 2.30. The van der Waals surface area contributed by atoms with Gasteiger partial charge >= 0.3 is 0 Å². The van der Waals surface area contributed by atoms with E-state index in [9.17, 15) is 20.2 Å². The number of ether oxygens (including phenoxy) is 1. The Bertz CT molecular complexity index is 1110. The van der Waals surface area contributed by atoms with E-state index in [1.165, 1.54) is 24.3 Å². The maximum Gasteiger partial charge on any atom is 0.270 e.